The summed E-state index contributed by atoms with van der Waals surface area (Å²) in [6, 6.07) is 5.78. The third kappa shape index (κ3) is 5.79. The van der Waals surface area contributed by atoms with E-state index in [4.69, 9.17) is 20.9 Å². The van der Waals surface area contributed by atoms with Crippen LogP contribution in [0.1, 0.15) is 45.6 Å². The maximum Gasteiger partial charge on any atom is 0.270 e. The first-order valence-corrected chi connectivity index (χ1v) is 16.8. The maximum atomic E-state index is 13.9. The minimum atomic E-state index is -0.674. The van der Waals surface area contributed by atoms with Gasteiger partial charge in [-0.15, -0.1) is 0 Å². The molecule has 0 unspecified atom stereocenters. The Balaban J connectivity index is 0.000000157. The summed E-state index contributed by atoms with van der Waals surface area (Å²) in [5.41, 5.74) is 12.8. The number of nitrogens with two attached hydrogens (primary N) is 2. The highest BCUT2D eigenvalue weighted by Gasteiger charge is 2.32. The molecule has 1 saturated carbocycles. The number of benzene rings is 2. The number of halogens is 5. The second-order valence-corrected chi connectivity index (χ2v) is 13.5. The Kier molecular flexibility index (Phi) is 8.27. The zero-order valence-electron chi connectivity index (χ0n) is 24.0. The highest BCUT2D eigenvalue weighted by molar-refractivity contribution is 14.1. The number of aromatic amines is 1. The van der Waals surface area contributed by atoms with Crippen LogP contribution in [0.5, 0.6) is 11.5 Å². The lowest BCUT2D eigenvalue weighted by Gasteiger charge is -2.07. The first-order chi connectivity index (χ1) is 22.5. The second kappa shape index (κ2) is 12.3. The van der Waals surface area contributed by atoms with Crippen LogP contribution in [0.15, 0.2) is 33.2 Å². The van der Waals surface area contributed by atoms with Gasteiger partial charge in [0.15, 0.2) is 17.2 Å². The van der Waals surface area contributed by atoms with Crippen molar-refractivity contribution in [3.8, 4) is 45.8 Å². The van der Waals surface area contributed by atoms with Gasteiger partial charge in [-0.05, 0) is 79.4 Å². The molecular weight excluding hydrogens is 863 g/mol. The van der Waals surface area contributed by atoms with Crippen molar-refractivity contribution in [2.24, 2.45) is 11.5 Å². The number of ether oxygens (including phenoxy) is 2. The third-order valence-corrected chi connectivity index (χ3v) is 10.00. The first-order valence-electron chi connectivity index (χ1n) is 14.1. The molecule has 1 fully saturated rings. The molecule has 1 aliphatic carbocycles. The molecule has 3 aromatic heterocycles. The van der Waals surface area contributed by atoms with E-state index < -0.39 is 23.4 Å². The number of aromatic nitrogens is 7. The van der Waals surface area contributed by atoms with E-state index in [1.165, 1.54) is 12.1 Å². The van der Waals surface area contributed by atoms with E-state index in [1.54, 1.807) is 16.7 Å². The van der Waals surface area contributed by atoms with Crippen LogP contribution >= 0.6 is 54.5 Å². The molecule has 3 aliphatic rings. The van der Waals surface area contributed by atoms with Gasteiger partial charge in [-0.2, -0.15) is 5.10 Å². The minimum absolute atomic E-state index is 0.0830. The molecule has 0 radical (unpaired) electrons. The van der Waals surface area contributed by atoms with E-state index in [1.807, 2.05) is 27.2 Å². The minimum Gasteiger partial charge on any atom is -0.491 e. The smallest absolute Gasteiger partial charge is 0.270 e. The Labute approximate surface area is 294 Å². The van der Waals surface area contributed by atoms with Gasteiger partial charge in [-0.3, -0.25) is 14.7 Å². The SMILES string of the molecule is NC(=O)c1nc2n(c1-c1n[nH]c(C3CC3)n1)CCOc1cc(F)c(Br)cc1-2.NC(=O)c1nc2n(c1I)CCOc1cc(F)c(Br)cc1-2. The number of amides is 2. The highest BCUT2D eigenvalue weighted by atomic mass is 127. The number of nitrogens with one attached hydrogen (secondary N) is 1. The largest absolute Gasteiger partial charge is 0.491 e. The van der Waals surface area contributed by atoms with Crippen molar-refractivity contribution in [2.45, 2.75) is 31.8 Å². The van der Waals surface area contributed by atoms with Crippen molar-refractivity contribution in [2.75, 3.05) is 13.2 Å². The van der Waals surface area contributed by atoms with E-state index in [0.717, 1.165) is 18.7 Å². The normalized spacial score (nSPS) is 14.6. The zero-order valence-corrected chi connectivity index (χ0v) is 29.3. The molecule has 8 rings (SSSR count). The summed E-state index contributed by atoms with van der Waals surface area (Å²) in [6.45, 7) is 1.56. The van der Waals surface area contributed by atoms with Crippen LogP contribution in [0.3, 0.4) is 0 Å². The molecule has 242 valence electrons. The van der Waals surface area contributed by atoms with E-state index in [-0.39, 0.29) is 22.5 Å². The summed E-state index contributed by atoms with van der Waals surface area (Å²) in [6.07, 6.45) is 2.14. The average molecular weight is 885 g/mol. The Morgan fingerprint density at radius 2 is 1.38 bits per heavy atom. The van der Waals surface area contributed by atoms with Gasteiger partial charge in [-0.1, -0.05) is 0 Å². The number of fused-ring (bicyclic) bond motifs is 6. The monoisotopic (exact) mass is 883 g/mol. The molecule has 2 aliphatic heterocycles. The van der Waals surface area contributed by atoms with Gasteiger partial charge in [0.05, 0.1) is 33.2 Å². The summed E-state index contributed by atoms with van der Waals surface area (Å²) in [4.78, 5) is 36.7. The van der Waals surface area contributed by atoms with Crippen molar-refractivity contribution < 1.29 is 27.8 Å². The van der Waals surface area contributed by atoms with Crippen LogP contribution in [0.2, 0.25) is 0 Å². The number of carbonyl (C=O) groups is 2. The van der Waals surface area contributed by atoms with E-state index in [0.29, 0.717) is 79.6 Å². The Hall–Kier alpha value is -3.91. The number of hydrogen-bond acceptors (Lipinski definition) is 8. The molecule has 0 spiro atoms. The quantitative estimate of drug-likeness (QED) is 0.207. The molecule has 2 aromatic carbocycles. The topological polar surface area (TPSA) is 182 Å². The van der Waals surface area contributed by atoms with Crippen LogP contribution in [0.4, 0.5) is 8.78 Å². The van der Waals surface area contributed by atoms with Gasteiger partial charge in [0.25, 0.3) is 11.8 Å². The van der Waals surface area contributed by atoms with Crippen molar-refractivity contribution in [3.05, 3.63) is 65.8 Å². The predicted molar refractivity (Wildman–Crippen MR) is 179 cm³/mol. The van der Waals surface area contributed by atoms with Crippen LogP contribution in [0.25, 0.3) is 34.3 Å². The fourth-order valence-corrected chi connectivity index (χ4v) is 6.88. The first kappa shape index (κ1) is 31.7. The molecule has 5 aromatic rings. The average Bonchev–Trinajstić information content (AvgIpc) is 3.61. The molecule has 2 amide bonds. The number of H-pyrrole nitrogens is 1. The predicted octanol–water partition coefficient (Wildman–Crippen LogP) is 5.15. The molecular formula is C29H22Br2F2IN9O4. The molecule has 5 N–H and O–H groups in total. The van der Waals surface area contributed by atoms with Gasteiger partial charge in [-0.25, -0.2) is 23.7 Å². The van der Waals surface area contributed by atoms with Crippen molar-refractivity contribution in [1.29, 1.82) is 0 Å². The van der Waals surface area contributed by atoms with E-state index in [9.17, 15) is 18.4 Å². The summed E-state index contributed by atoms with van der Waals surface area (Å²) in [5.74, 6) is 1.22. The fourth-order valence-electron chi connectivity index (χ4n) is 5.33. The lowest BCUT2D eigenvalue weighted by Crippen LogP contribution is -2.15. The molecule has 47 heavy (non-hydrogen) atoms. The summed E-state index contributed by atoms with van der Waals surface area (Å²) in [7, 11) is 0. The Morgan fingerprint density at radius 1 is 0.851 bits per heavy atom. The molecule has 18 heteroatoms. The van der Waals surface area contributed by atoms with Crippen LogP contribution in [-0.2, 0) is 13.1 Å². The lowest BCUT2D eigenvalue weighted by atomic mass is 10.2. The molecule has 13 nitrogen and oxygen atoms in total. The summed E-state index contributed by atoms with van der Waals surface area (Å²) < 4.78 is 43.6. The number of carbonyl (C=O) groups excluding carboxylic acids is 2. The van der Waals surface area contributed by atoms with Gasteiger partial charge < -0.3 is 30.1 Å². The fraction of sp³-hybridized carbons (Fsp3) is 0.241. The van der Waals surface area contributed by atoms with E-state index >= 15 is 0 Å². The Morgan fingerprint density at radius 3 is 1.94 bits per heavy atom. The van der Waals surface area contributed by atoms with Crippen LogP contribution in [-0.4, -0.2) is 59.3 Å². The van der Waals surface area contributed by atoms with Crippen molar-refractivity contribution in [1.82, 2.24) is 34.3 Å². The number of primary amides is 2. The van der Waals surface area contributed by atoms with Gasteiger partial charge >= 0.3 is 0 Å². The third-order valence-electron chi connectivity index (χ3n) is 7.69. The van der Waals surface area contributed by atoms with Crippen molar-refractivity contribution in [3.63, 3.8) is 0 Å². The number of imidazole rings is 2. The van der Waals surface area contributed by atoms with Crippen LogP contribution < -0.4 is 20.9 Å². The maximum absolute atomic E-state index is 13.9. The van der Waals surface area contributed by atoms with E-state index in [2.05, 4.69) is 57.0 Å². The summed E-state index contributed by atoms with van der Waals surface area (Å²) >= 11 is 8.36. The highest BCUT2D eigenvalue weighted by Crippen LogP contribution is 2.41. The molecule has 5 heterocycles. The van der Waals surface area contributed by atoms with Crippen molar-refractivity contribution >= 4 is 66.3 Å². The second-order valence-electron chi connectivity index (χ2n) is 10.8. The summed E-state index contributed by atoms with van der Waals surface area (Å²) in [5, 5.41) is 7.21. The molecule has 0 saturated heterocycles. The number of hydrogen-bond donors (Lipinski definition) is 3. The standard InChI is InChI=1S/C17H14BrFN6O2.C12H8BrFIN3O2/c18-9-5-8-11(6-10(9)19)27-4-3-25-13(12(14(20)26)21-17(8)25)16-22-15(23-24-16)7-1-2-7;13-6-3-5-8(4-7(6)14)20-2-1-18-10(15)9(11(16)19)17-12(5)18/h5-7H,1-4H2,(H2,20,26)(H,22,23,24);3-4H,1-2H2,(H2,16,19). The number of rotatable bonds is 4. The zero-order chi connectivity index (χ0) is 33.1. The van der Waals surface area contributed by atoms with Gasteiger partial charge in [0.2, 0.25) is 0 Å². The Bertz CT molecular complexity index is 2110. The van der Waals surface area contributed by atoms with Gasteiger partial charge in [0, 0.05) is 18.1 Å². The lowest BCUT2D eigenvalue weighted by molar-refractivity contribution is 0.0987. The molecule has 0 atom stereocenters. The van der Waals surface area contributed by atoms with Crippen LogP contribution in [0, 0.1) is 15.3 Å². The van der Waals surface area contributed by atoms with Gasteiger partial charge in [0.1, 0.15) is 63.2 Å². The molecule has 0 bridgehead atoms. The number of nitrogens with zero attached hydrogens (tertiary/aromatic N) is 6.